The molecule has 2 N–H and O–H groups in total. The molecular formula is C13H16N2O2. The van der Waals surface area contributed by atoms with E-state index in [0.29, 0.717) is 23.5 Å². The summed E-state index contributed by atoms with van der Waals surface area (Å²) < 4.78 is 5.19. The molecule has 0 saturated carbocycles. The first-order valence-corrected chi connectivity index (χ1v) is 5.60. The molecule has 1 heterocycles. The van der Waals surface area contributed by atoms with Crippen LogP contribution in [0.1, 0.15) is 16.8 Å². The van der Waals surface area contributed by atoms with E-state index in [2.05, 4.69) is 6.08 Å². The number of ether oxygens (including phenoxy) is 1. The van der Waals surface area contributed by atoms with Gasteiger partial charge < -0.3 is 15.4 Å². The van der Waals surface area contributed by atoms with Gasteiger partial charge in [-0.2, -0.15) is 0 Å². The van der Waals surface area contributed by atoms with Gasteiger partial charge in [0.25, 0.3) is 5.91 Å². The van der Waals surface area contributed by atoms with Crippen LogP contribution in [0.4, 0.5) is 5.69 Å². The summed E-state index contributed by atoms with van der Waals surface area (Å²) in [6.45, 7) is 1.39. The summed E-state index contributed by atoms with van der Waals surface area (Å²) in [6, 6.07) is 5.12. The zero-order chi connectivity index (χ0) is 12.3. The summed E-state index contributed by atoms with van der Waals surface area (Å²) in [4.78, 5) is 14.1. The maximum Gasteiger partial charge on any atom is 0.257 e. The molecule has 0 aromatic heterocycles. The molecule has 0 bridgehead atoms. The van der Waals surface area contributed by atoms with E-state index < -0.39 is 0 Å². The molecular weight excluding hydrogens is 216 g/mol. The number of carbonyl (C=O) groups is 1. The Morgan fingerprint density at radius 3 is 2.88 bits per heavy atom. The first-order chi connectivity index (χ1) is 8.22. The minimum atomic E-state index is -0.0292. The summed E-state index contributed by atoms with van der Waals surface area (Å²) in [5, 5.41) is 0. The Balaban J connectivity index is 2.29. The molecule has 90 valence electrons. The lowest BCUT2D eigenvalue weighted by atomic mass is 10.1. The maximum atomic E-state index is 12.3. The first kappa shape index (κ1) is 11.5. The number of hydrogen-bond acceptors (Lipinski definition) is 3. The molecule has 1 aliphatic rings. The second kappa shape index (κ2) is 4.91. The fraction of sp³-hybridized carbons (Fsp3) is 0.308. The molecule has 0 aliphatic carbocycles. The highest BCUT2D eigenvalue weighted by atomic mass is 16.5. The van der Waals surface area contributed by atoms with Gasteiger partial charge in [-0.3, -0.25) is 4.79 Å². The summed E-state index contributed by atoms with van der Waals surface area (Å²) >= 11 is 0. The van der Waals surface area contributed by atoms with E-state index in [9.17, 15) is 4.79 Å². The highest BCUT2D eigenvalue weighted by Crippen LogP contribution is 2.23. The fourth-order valence-corrected chi connectivity index (χ4v) is 1.89. The Morgan fingerprint density at radius 1 is 1.41 bits per heavy atom. The summed E-state index contributed by atoms with van der Waals surface area (Å²) in [5.41, 5.74) is 6.81. The van der Waals surface area contributed by atoms with E-state index >= 15 is 0 Å². The number of hydrogen-bond donors (Lipinski definition) is 1. The molecule has 4 nitrogen and oxygen atoms in total. The van der Waals surface area contributed by atoms with E-state index in [-0.39, 0.29) is 5.91 Å². The van der Waals surface area contributed by atoms with Crippen molar-refractivity contribution in [1.29, 1.82) is 0 Å². The molecule has 1 aromatic carbocycles. The number of nitrogens with two attached hydrogens (primary N) is 1. The molecule has 1 aliphatic heterocycles. The molecule has 0 saturated heterocycles. The van der Waals surface area contributed by atoms with Crippen molar-refractivity contribution in [3.63, 3.8) is 0 Å². The summed E-state index contributed by atoms with van der Waals surface area (Å²) in [6.07, 6.45) is 4.98. The van der Waals surface area contributed by atoms with E-state index in [0.717, 1.165) is 13.0 Å². The normalized spacial score (nSPS) is 14.8. The van der Waals surface area contributed by atoms with Crippen LogP contribution in [0, 0.1) is 0 Å². The Morgan fingerprint density at radius 2 is 2.24 bits per heavy atom. The number of anilines is 1. The lowest BCUT2D eigenvalue weighted by Crippen LogP contribution is -2.34. The van der Waals surface area contributed by atoms with Crippen molar-refractivity contribution in [1.82, 2.24) is 4.90 Å². The minimum Gasteiger partial charge on any atom is -0.496 e. The van der Waals surface area contributed by atoms with Crippen LogP contribution in [0.25, 0.3) is 0 Å². The fourth-order valence-electron chi connectivity index (χ4n) is 1.89. The summed E-state index contributed by atoms with van der Waals surface area (Å²) in [7, 11) is 1.55. The first-order valence-electron chi connectivity index (χ1n) is 5.60. The molecule has 0 unspecified atom stereocenters. The molecule has 1 amide bonds. The average molecular weight is 232 g/mol. The van der Waals surface area contributed by atoms with Crippen molar-refractivity contribution < 1.29 is 9.53 Å². The molecule has 0 fully saturated rings. The third-order valence-corrected chi connectivity index (χ3v) is 2.80. The monoisotopic (exact) mass is 232 g/mol. The second-order valence-corrected chi connectivity index (χ2v) is 3.97. The lowest BCUT2D eigenvalue weighted by molar-refractivity contribution is 0.0767. The highest BCUT2D eigenvalue weighted by Gasteiger charge is 2.19. The third-order valence-electron chi connectivity index (χ3n) is 2.80. The predicted octanol–water partition coefficient (Wildman–Crippen LogP) is 1.68. The van der Waals surface area contributed by atoms with Gasteiger partial charge >= 0.3 is 0 Å². The van der Waals surface area contributed by atoms with Gasteiger partial charge in [0, 0.05) is 18.8 Å². The van der Waals surface area contributed by atoms with Gasteiger partial charge in [-0.25, -0.2) is 0 Å². The van der Waals surface area contributed by atoms with Crippen LogP contribution in [0.2, 0.25) is 0 Å². The zero-order valence-corrected chi connectivity index (χ0v) is 9.85. The number of methoxy groups -OCH3 is 1. The molecule has 17 heavy (non-hydrogen) atoms. The molecule has 0 spiro atoms. The van der Waals surface area contributed by atoms with Crippen molar-refractivity contribution in [3.8, 4) is 5.75 Å². The van der Waals surface area contributed by atoms with E-state index in [1.807, 2.05) is 6.08 Å². The number of carbonyl (C=O) groups excluding carboxylic acids is 1. The molecule has 1 aromatic rings. The number of amides is 1. The Bertz CT molecular complexity index is 455. The molecule has 0 atom stereocenters. The number of nitrogen functional groups attached to an aromatic ring is 1. The smallest absolute Gasteiger partial charge is 0.257 e. The predicted molar refractivity (Wildman–Crippen MR) is 67.1 cm³/mol. The maximum absolute atomic E-state index is 12.3. The van der Waals surface area contributed by atoms with E-state index in [4.69, 9.17) is 10.5 Å². The van der Waals surface area contributed by atoms with Crippen molar-refractivity contribution in [3.05, 3.63) is 35.9 Å². The van der Waals surface area contributed by atoms with Crippen LogP contribution >= 0.6 is 0 Å². The van der Waals surface area contributed by atoms with Gasteiger partial charge in [0.05, 0.1) is 12.7 Å². The average Bonchev–Trinajstić information content (AvgIpc) is 2.39. The second-order valence-electron chi connectivity index (χ2n) is 3.97. The number of benzene rings is 1. The van der Waals surface area contributed by atoms with Gasteiger partial charge in [0.2, 0.25) is 0 Å². The largest absolute Gasteiger partial charge is 0.496 e. The van der Waals surface area contributed by atoms with Crippen LogP contribution in [0.15, 0.2) is 30.4 Å². The Kier molecular flexibility index (Phi) is 3.32. The number of rotatable bonds is 2. The quantitative estimate of drug-likeness (QED) is 0.623. The van der Waals surface area contributed by atoms with Crippen LogP contribution in [-0.2, 0) is 0 Å². The molecule has 2 rings (SSSR count). The molecule has 0 radical (unpaired) electrons. The van der Waals surface area contributed by atoms with E-state index in [1.54, 1.807) is 30.2 Å². The van der Waals surface area contributed by atoms with Crippen LogP contribution < -0.4 is 10.5 Å². The zero-order valence-electron chi connectivity index (χ0n) is 9.85. The van der Waals surface area contributed by atoms with Crippen molar-refractivity contribution in [2.45, 2.75) is 6.42 Å². The van der Waals surface area contributed by atoms with Crippen LogP contribution in [-0.4, -0.2) is 31.0 Å². The minimum absolute atomic E-state index is 0.0292. The van der Waals surface area contributed by atoms with Crippen molar-refractivity contribution in [2.24, 2.45) is 0 Å². The van der Waals surface area contributed by atoms with Crippen molar-refractivity contribution >= 4 is 11.6 Å². The Hall–Kier alpha value is -1.97. The van der Waals surface area contributed by atoms with Gasteiger partial charge in [0.15, 0.2) is 0 Å². The van der Waals surface area contributed by atoms with Gasteiger partial charge in [-0.05, 0) is 24.6 Å². The SMILES string of the molecule is COc1ccc(N)cc1C(=O)N1CC=CCC1. The number of nitrogens with zero attached hydrogens (tertiary/aromatic N) is 1. The lowest BCUT2D eigenvalue weighted by Gasteiger charge is -2.24. The highest BCUT2D eigenvalue weighted by molar-refractivity contribution is 5.98. The third kappa shape index (κ3) is 2.41. The standard InChI is InChI=1S/C13H16N2O2/c1-17-12-6-5-10(14)9-11(12)13(16)15-7-3-2-4-8-15/h2-3,5-6,9H,4,7-8,14H2,1H3. The van der Waals surface area contributed by atoms with Crippen molar-refractivity contribution in [2.75, 3.05) is 25.9 Å². The topological polar surface area (TPSA) is 55.6 Å². The summed E-state index contributed by atoms with van der Waals surface area (Å²) in [5.74, 6) is 0.539. The van der Waals surface area contributed by atoms with Crippen LogP contribution in [0.5, 0.6) is 5.75 Å². The molecule has 4 heteroatoms. The van der Waals surface area contributed by atoms with Crippen LogP contribution in [0.3, 0.4) is 0 Å². The van der Waals surface area contributed by atoms with E-state index in [1.165, 1.54) is 0 Å². The van der Waals surface area contributed by atoms with Gasteiger partial charge in [-0.15, -0.1) is 0 Å². The Labute approximate surface area is 101 Å². The van der Waals surface area contributed by atoms with Gasteiger partial charge in [0.1, 0.15) is 5.75 Å². The van der Waals surface area contributed by atoms with Gasteiger partial charge in [-0.1, -0.05) is 12.2 Å².